The molecule has 6 heteroatoms. The summed E-state index contributed by atoms with van der Waals surface area (Å²) in [6.07, 6.45) is 6.42. The van der Waals surface area contributed by atoms with E-state index in [9.17, 15) is 14.0 Å². The number of rotatable bonds is 3. The maximum absolute atomic E-state index is 14.1. The fourth-order valence-electron chi connectivity index (χ4n) is 3.54. The van der Waals surface area contributed by atoms with Crippen LogP contribution in [0, 0.1) is 12.7 Å². The third-order valence-electron chi connectivity index (χ3n) is 5.08. The first-order chi connectivity index (χ1) is 12.5. The number of halogens is 1. The predicted molar refractivity (Wildman–Crippen MR) is 98.1 cm³/mol. The fraction of sp³-hybridized carbons (Fsp3) is 0.450. The van der Waals surface area contributed by atoms with Crippen LogP contribution in [0.2, 0.25) is 0 Å². The van der Waals surface area contributed by atoms with Crippen LogP contribution in [0.1, 0.15) is 54.7 Å². The molecule has 2 aromatic rings. The van der Waals surface area contributed by atoms with E-state index in [1.807, 2.05) is 0 Å². The summed E-state index contributed by atoms with van der Waals surface area (Å²) in [6, 6.07) is 7.64. The van der Waals surface area contributed by atoms with Crippen LogP contribution in [0.5, 0.6) is 0 Å². The van der Waals surface area contributed by atoms with Crippen molar-refractivity contribution in [3.63, 3.8) is 0 Å². The van der Waals surface area contributed by atoms with Crippen LogP contribution in [0.3, 0.4) is 0 Å². The Morgan fingerprint density at radius 2 is 1.85 bits per heavy atom. The van der Waals surface area contributed by atoms with E-state index in [1.165, 1.54) is 29.7 Å². The minimum absolute atomic E-state index is 0.120. The third-order valence-corrected chi connectivity index (χ3v) is 5.08. The molecule has 1 saturated carbocycles. The molecule has 3 rings (SSSR count). The van der Waals surface area contributed by atoms with Gasteiger partial charge in [-0.25, -0.2) is 9.07 Å². The molecule has 26 heavy (non-hydrogen) atoms. The van der Waals surface area contributed by atoms with Gasteiger partial charge in [0.25, 0.3) is 5.91 Å². The molecule has 1 aromatic heterocycles. The Balaban J connectivity index is 1.97. The van der Waals surface area contributed by atoms with Gasteiger partial charge in [0.2, 0.25) is 5.43 Å². The first-order valence-electron chi connectivity index (χ1n) is 9.12. The van der Waals surface area contributed by atoms with Crippen molar-refractivity contribution in [2.24, 2.45) is 0 Å². The Kier molecular flexibility index (Phi) is 5.49. The van der Waals surface area contributed by atoms with Gasteiger partial charge in [-0.05, 0) is 31.9 Å². The van der Waals surface area contributed by atoms with E-state index in [1.54, 1.807) is 37.1 Å². The fourth-order valence-corrected chi connectivity index (χ4v) is 3.54. The van der Waals surface area contributed by atoms with Gasteiger partial charge in [-0.1, -0.05) is 37.8 Å². The van der Waals surface area contributed by atoms with E-state index in [2.05, 4.69) is 5.10 Å². The molecule has 0 bridgehead atoms. The van der Waals surface area contributed by atoms with Crippen molar-refractivity contribution in [3.8, 4) is 5.69 Å². The third kappa shape index (κ3) is 3.69. The Morgan fingerprint density at radius 3 is 2.50 bits per heavy atom. The van der Waals surface area contributed by atoms with Gasteiger partial charge in [0, 0.05) is 24.8 Å². The average Bonchev–Trinajstić information content (AvgIpc) is 2.91. The highest BCUT2D eigenvalue weighted by Gasteiger charge is 2.26. The van der Waals surface area contributed by atoms with Gasteiger partial charge >= 0.3 is 0 Å². The molecule has 1 heterocycles. The molecule has 1 fully saturated rings. The first kappa shape index (κ1) is 18.3. The molecule has 0 radical (unpaired) electrons. The van der Waals surface area contributed by atoms with E-state index in [4.69, 9.17) is 0 Å². The summed E-state index contributed by atoms with van der Waals surface area (Å²) < 4.78 is 15.5. The van der Waals surface area contributed by atoms with Crippen LogP contribution >= 0.6 is 0 Å². The second kappa shape index (κ2) is 7.81. The minimum atomic E-state index is -0.456. The van der Waals surface area contributed by atoms with Gasteiger partial charge in [0.1, 0.15) is 11.5 Å². The van der Waals surface area contributed by atoms with Gasteiger partial charge in [0.15, 0.2) is 5.69 Å². The standard InChI is InChI=1S/C20H24FN3O2/c1-14-13-18(25)19(22-24(14)17-12-8-7-11-16(17)21)20(26)23(2)15-9-5-3-4-6-10-15/h7-8,11-13,15H,3-6,9-10H2,1-2H3. The van der Waals surface area contributed by atoms with Crippen molar-refractivity contribution in [3.05, 3.63) is 57.8 Å². The molecule has 0 atom stereocenters. The molecule has 1 amide bonds. The van der Waals surface area contributed by atoms with Crippen LogP contribution in [-0.2, 0) is 0 Å². The lowest BCUT2D eigenvalue weighted by Crippen LogP contribution is -2.40. The Labute approximate surface area is 152 Å². The summed E-state index contributed by atoms with van der Waals surface area (Å²) >= 11 is 0. The molecular weight excluding hydrogens is 333 g/mol. The van der Waals surface area contributed by atoms with Crippen LogP contribution in [-0.4, -0.2) is 33.7 Å². The number of carbonyl (C=O) groups excluding carboxylic acids is 1. The number of aryl methyl sites for hydroxylation is 1. The summed E-state index contributed by atoms with van der Waals surface area (Å²) in [7, 11) is 1.73. The van der Waals surface area contributed by atoms with Crippen molar-refractivity contribution in [2.45, 2.75) is 51.5 Å². The van der Waals surface area contributed by atoms with Crippen LogP contribution in [0.4, 0.5) is 4.39 Å². The van der Waals surface area contributed by atoms with Gasteiger partial charge in [-0.15, -0.1) is 0 Å². The zero-order valence-corrected chi connectivity index (χ0v) is 15.2. The quantitative estimate of drug-likeness (QED) is 0.791. The van der Waals surface area contributed by atoms with E-state index < -0.39 is 17.2 Å². The lowest BCUT2D eigenvalue weighted by molar-refractivity contribution is 0.0708. The topological polar surface area (TPSA) is 55.2 Å². The summed E-state index contributed by atoms with van der Waals surface area (Å²) in [4.78, 5) is 26.9. The van der Waals surface area contributed by atoms with Crippen LogP contribution in [0.25, 0.3) is 5.69 Å². The number of carbonyl (C=O) groups is 1. The lowest BCUT2D eigenvalue weighted by atomic mass is 10.1. The molecule has 138 valence electrons. The molecule has 0 aliphatic heterocycles. The van der Waals surface area contributed by atoms with E-state index in [-0.39, 0.29) is 17.4 Å². The van der Waals surface area contributed by atoms with Crippen molar-refractivity contribution in [1.29, 1.82) is 0 Å². The normalized spacial score (nSPS) is 15.5. The second-order valence-corrected chi connectivity index (χ2v) is 6.92. The Morgan fingerprint density at radius 1 is 1.19 bits per heavy atom. The highest BCUT2D eigenvalue weighted by molar-refractivity contribution is 5.92. The molecule has 0 N–H and O–H groups in total. The summed E-state index contributed by atoms with van der Waals surface area (Å²) in [6.45, 7) is 1.67. The average molecular weight is 357 g/mol. The van der Waals surface area contributed by atoms with Gasteiger partial charge in [0.05, 0.1) is 0 Å². The predicted octanol–water partition coefficient (Wildman–Crippen LogP) is 3.47. The van der Waals surface area contributed by atoms with Crippen LogP contribution < -0.4 is 5.43 Å². The smallest absolute Gasteiger partial charge is 0.278 e. The van der Waals surface area contributed by atoms with Crippen LogP contribution in [0.15, 0.2) is 35.1 Å². The highest BCUT2D eigenvalue weighted by atomic mass is 19.1. The maximum Gasteiger partial charge on any atom is 0.278 e. The van der Waals surface area contributed by atoms with Crippen molar-refractivity contribution >= 4 is 5.91 Å². The molecule has 5 nitrogen and oxygen atoms in total. The number of hydrogen-bond acceptors (Lipinski definition) is 3. The summed E-state index contributed by atoms with van der Waals surface area (Å²) in [5.74, 6) is -0.853. The molecule has 1 aliphatic carbocycles. The number of hydrogen-bond donors (Lipinski definition) is 0. The number of aromatic nitrogens is 2. The van der Waals surface area contributed by atoms with Crippen molar-refractivity contribution in [2.75, 3.05) is 7.05 Å². The molecule has 0 saturated heterocycles. The molecule has 0 spiro atoms. The largest absolute Gasteiger partial charge is 0.337 e. The SMILES string of the molecule is Cc1cc(=O)c(C(=O)N(C)C2CCCCCC2)nn1-c1ccccc1F. The summed E-state index contributed by atoms with van der Waals surface area (Å²) in [5, 5.41) is 4.22. The van der Waals surface area contributed by atoms with E-state index >= 15 is 0 Å². The monoisotopic (exact) mass is 357 g/mol. The molecule has 0 unspecified atom stereocenters. The molecule has 1 aliphatic rings. The first-order valence-corrected chi connectivity index (χ1v) is 9.12. The number of nitrogens with zero attached hydrogens (tertiary/aromatic N) is 3. The zero-order chi connectivity index (χ0) is 18.7. The maximum atomic E-state index is 14.1. The molecule has 1 aromatic carbocycles. The zero-order valence-electron chi connectivity index (χ0n) is 15.2. The lowest BCUT2D eigenvalue weighted by Gasteiger charge is -2.27. The van der Waals surface area contributed by atoms with Gasteiger partial charge in [-0.2, -0.15) is 5.10 Å². The van der Waals surface area contributed by atoms with E-state index in [0.717, 1.165) is 25.7 Å². The van der Waals surface area contributed by atoms with Crippen molar-refractivity contribution in [1.82, 2.24) is 14.7 Å². The minimum Gasteiger partial charge on any atom is -0.337 e. The van der Waals surface area contributed by atoms with Gasteiger partial charge in [-0.3, -0.25) is 9.59 Å². The number of amides is 1. The summed E-state index contributed by atoms with van der Waals surface area (Å²) in [5.41, 5.74) is 0.108. The van der Waals surface area contributed by atoms with Crippen molar-refractivity contribution < 1.29 is 9.18 Å². The Bertz CT molecular complexity index is 854. The number of benzene rings is 1. The second-order valence-electron chi connectivity index (χ2n) is 6.92. The molecular formula is C20H24FN3O2. The highest BCUT2D eigenvalue weighted by Crippen LogP contribution is 2.22. The Hall–Kier alpha value is -2.50. The number of para-hydroxylation sites is 1. The van der Waals surface area contributed by atoms with Gasteiger partial charge < -0.3 is 4.90 Å². The van der Waals surface area contributed by atoms with E-state index in [0.29, 0.717) is 5.69 Å².